The van der Waals surface area contributed by atoms with E-state index in [2.05, 4.69) is 5.32 Å². The van der Waals surface area contributed by atoms with Crippen LogP contribution in [0.25, 0.3) is 11.1 Å². The fraction of sp³-hybridized carbons (Fsp3) is 0.160. The smallest absolute Gasteiger partial charge is 0.307 e. The number of carboxylic acid groups (broad SMARTS) is 2. The molecule has 3 aromatic carbocycles. The number of rotatable bonds is 9. The highest BCUT2D eigenvalue weighted by molar-refractivity contribution is 6.31. The van der Waals surface area contributed by atoms with Gasteiger partial charge in [0.2, 0.25) is 0 Å². The Bertz CT molecular complexity index is 1130. The van der Waals surface area contributed by atoms with Gasteiger partial charge in [0, 0.05) is 16.6 Å². The molecule has 0 bridgehead atoms. The summed E-state index contributed by atoms with van der Waals surface area (Å²) in [6.45, 7) is 0. The van der Waals surface area contributed by atoms with Crippen molar-refractivity contribution in [3.8, 4) is 11.1 Å². The molecule has 32 heavy (non-hydrogen) atoms. The van der Waals surface area contributed by atoms with Crippen molar-refractivity contribution in [2.24, 2.45) is 0 Å². The van der Waals surface area contributed by atoms with Crippen molar-refractivity contribution in [2.75, 3.05) is 0 Å². The van der Waals surface area contributed by atoms with E-state index in [9.17, 15) is 19.5 Å². The molecule has 0 unspecified atom stereocenters. The van der Waals surface area contributed by atoms with Crippen molar-refractivity contribution in [1.82, 2.24) is 5.32 Å². The first-order chi connectivity index (χ1) is 15.3. The van der Waals surface area contributed by atoms with Crippen LogP contribution in [0.2, 0.25) is 5.02 Å². The zero-order valence-electron chi connectivity index (χ0n) is 17.1. The number of carbonyl (C=O) groups is 3. The van der Waals surface area contributed by atoms with Gasteiger partial charge < -0.3 is 15.5 Å². The van der Waals surface area contributed by atoms with E-state index in [1.54, 1.807) is 54.6 Å². The lowest BCUT2D eigenvalue weighted by Crippen LogP contribution is -2.38. The Morgan fingerprint density at radius 1 is 0.812 bits per heavy atom. The first kappa shape index (κ1) is 23.0. The summed E-state index contributed by atoms with van der Waals surface area (Å²) in [5.74, 6) is -2.34. The molecule has 0 aliphatic rings. The Kier molecular flexibility index (Phi) is 7.63. The molecule has 1 atom stereocenters. The SMILES string of the molecule is O=C(O)Cc1ccccc1-c1ccc(C(=O)N[C@@H](CC(=O)O)Cc2ccccc2Cl)cc1. The highest BCUT2D eigenvalue weighted by atomic mass is 35.5. The normalized spacial score (nSPS) is 11.5. The first-order valence-electron chi connectivity index (χ1n) is 9.99. The van der Waals surface area contributed by atoms with Crippen LogP contribution in [0, 0.1) is 0 Å². The zero-order chi connectivity index (χ0) is 23.1. The maximum absolute atomic E-state index is 12.8. The minimum absolute atomic E-state index is 0.0999. The predicted octanol–water partition coefficient (Wildman–Crippen LogP) is 4.45. The summed E-state index contributed by atoms with van der Waals surface area (Å²) in [4.78, 5) is 35.2. The Morgan fingerprint density at radius 2 is 1.44 bits per heavy atom. The number of carboxylic acids is 2. The molecule has 3 N–H and O–H groups in total. The number of carbonyl (C=O) groups excluding carboxylic acids is 1. The van der Waals surface area contributed by atoms with E-state index in [1.807, 2.05) is 18.2 Å². The van der Waals surface area contributed by atoms with Crippen LogP contribution in [0.4, 0.5) is 0 Å². The number of benzene rings is 3. The van der Waals surface area contributed by atoms with E-state index < -0.39 is 23.9 Å². The summed E-state index contributed by atoms with van der Waals surface area (Å²) < 4.78 is 0. The minimum Gasteiger partial charge on any atom is -0.481 e. The quantitative estimate of drug-likeness (QED) is 0.446. The van der Waals surface area contributed by atoms with Crippen LogP contribution in [-0.2, 0) is 22.4 Å². The molecule has 3 aromatic rings. The molecule has 0 aliphatic heterocycles. The highest BCUT2D eigenvalue weighted by Gasteiger charge is 2.19. The summed E-state index contributed by atoms with van der Waals surface area (Å²) in [5, 5.41) is 21.7. The Balaban J connectivity index is 1.76. The number of amides is 1. The van der Waals surface area contributed by atoms with E-state index in [0.717, 1.165) is 16.7 Å². The summed E-state index contributed by atoms with van der Waals surface area (Å²) in [7, 11) is 0. The van der Waals surface area contributed by atoms with Crippen LogP contribution in [0.3, 0.4) is 0 Å². The maximum Gasteiger partial charge on any atom is 0.307 e. The van der Waals surface area contributed by atoms with E-state index in [0.29, 0.717) is 22.6 Å². The molecular weight excluding hydrogens is 430 g/mol. The van der Waals surface area contributed by atoms with E-state index in [-0.39, 0.29) is 12.8 Å². The lowest BCUT2D eigenvalue weighted by Gasteiger charge is -2.18. The largest absolute Gasteiger partial charge is 0.481 e. The third-order valence-corrected chi connectivity index (χ3v) is 5.37. The fourth-order valence-electron chi connectivity index (χ4n) is 3.50. The molecule has 1 amide bonds. The molecule has 0 saturated carbocycles. The van der Waals surface area contributed by atoms with Gasteiger partial charge >= 0.3 is 11.9 Å². The molecule has 0 heterocycles. The molecule has 0 fully saturated rings. The minimum atomic E-state index is -1.02. The van der Waals surface area contributed by atoms with Crippen molar-refractivity contribution in [3.63, 3.8) is 0 Å². The summed E-state index contributed by atoms with van der Waals surface area (Å²) in [5.41, 5.74) is 3.38. The Hall–Kier alpha value is -3.64. The molecule has 7 heteroatoms. The van der Waals surface area contributed by atoms with Crippen molar-refractivity contribution in [1.29, 1.82) is 0 Å². The lowest BCUT2D eigenvalue weighted by atomic mass is 9.96. The second kappa shape index (κ2) is 10.6. The van der Waals surface area contributed by atoms with Gasteiger partial charge in [-0.3, -0.25) is 14.4 Å². The van der Waals surface area contributed by atoms with Crippen LogP contribution in [0.5, 0.6) is 0 Å². The number of hydrogen-bond donors (Lipinski definition) is 3. The van der Waals surface area contributed by atoms with Crippen molar-refractivity contribution in [3.05, 3.63) is 94.5 Å². The summed E-state index contributed by atoms with van der Waals surface area (Å²) in [6.07, 6.45) is -0.0483. The Morgan fingerprint density at radius 3 is 2.06 bits per heavy atom. The molecule has 0 aromatic heterocycles. The first-order valence-corrected chi connectivity index (χ1v) is 10.4. The van der Waals surface area contributed by atoms with Gasteiger partial charge in [-0.25, -0.2) is 0 Å². The molecule has 0 aliphatic carbocycles. The van der Waals surface area contributed by atoms with Crippen LogP contribution < -0.4 is 5.32 Å². The second-order valence-electron chi connectivity index (χ2n) is 7.37. The van der Waals surface area contributed by atoms with E-state index in [4.69, 9.17) is 16.7 Å². The van der Waals surface area contributed by atoms with Crippen molar-refractivity contribution >= 4 is 29.4 Å². The molecule has 3 rings (SSSR count). The van der Waals surface area contributed by atoms with Gasteiger partial charge in [-0.05, 0) is 46.9 Å². The fourth-order valence-corrected chi connectivity index (χ4v) is 3.72. The van der Waals surface area contributed by atoms with Gasteiger partial charge in [-0.15, -0.1) is 0 Å². The Labute approximate surface area is 190 Å². The average Bonchev–Trinajstić information content (AvgIpc) is 2.75. The molecule has 164 valence electrons. The van der Waals surface area contributed by atoms with E-state index >= 15 is 0 Å². The average molecular weight is 452 g/mol. The van der Waals surface area contributed by atoms with Gasteiger partial charge in [0.1, 0.15) is 0 Å². The standard InChI is InChI=1S/C25H22ClNO5/c26-22-8-4-2-6-19(22)13-20(15-24(30)31)27-25(32)17-11-9-16(10-12-17)21-7-3-1-5-18(21)14-23(28)29/h1-12,20H,13-15H2,(H,27,32)(H,28,29)(H,30,31)/t20-/m1/s1. The predicted molar refractivity (Wildman–Crippen MR) is 122 cm³/mol. The lowest BCUT2D eigenvalue weighted by molar-refractivity contribution is -0.138. The van der Waals surface area contributed by atoms with Crippen molar-refractivity contribution in [2.45, 2.75) is 25.3 Å². The van der Waals surface area contributed by atoms with Gasteiger partial charge in [0.25, 0.3) is 5.91 Å². The van der Waals surface area contributed by atoms with Crippen molar-refractivity contribution < 1.29 is 24.6 Å². The molecular formula is C25H22ClNO5. The zero-order valence-corrected chi connectivity index (χ0v) is 17.9. The van der Waals surface area contributed by atoms with Crippen LogP contribution in [-0.4, -0.2) is 34.1 Å². The van der Waals surface area contributed by atoms with Crippen LogP contribution >= 0.6 is 11.6 Å². The number of nitrogens with one attached hydrogen (secondary N) is 1. The number of aliphatic carboxylic acids is 2. The number of halogens is 1. The second-order valence-corrected chi connectivity index (χ2v) is 7.78. The third kappa shape index (κ3) is 6.18. The van der Waals surface area contributed by atoms with Crippen LogP contribution in [0.15, 0.2) is 72.8 Å². The maximum atomic E-state index is 12.8. The summed E-state index contributed by atoms with van der Waals surface area (Å²) in [6, 6.07) is 20.4. The summed E-state index contributed by atoms with van der Waals surface area (Å²) >= 11 is 6.18. The third-order valence-electron chi connectivity index (χ3n) is 5.00. The van der Waals surface area contributed by atoms with Crippen LogP contribution in [0.1, 0.15) is 27.9 Å². The number of hydrogen-bond acceptors (Lipinski definition) is 3. The molecule has 6 nitrogen and oxygen atoms in total. The van der Waals surface area contributed by atoms with Gasteiger partial charge in [0.15, 0.2) is 0 Å². The molecule has 0 spiro atoms. The molecule has 0 radical (unpaired) electrons. The van der Waals surface area contributed by atoms with Gasteiger partial charge in [0.05, 0.1) is 12.8 Å². The topological polar surface area (TPSA) is 104 Å². The highest BCUT2D eigenvalue weighted by Crippen LogP contribution is 2.25. The molecule has 0 saturated heterocycles. The van der Waals surface area contributed by atoms with Gasteiger partial charge in [-0.1, -0.05) is 66.2 Å². The van der Waals surface area contributed by atoms with Gasteiger partial charge in [-0.2, -0.15) is 0 Å². The van der Waals surface area contributed by atoms with E-state index in [1.165, 1.54) is 0 Å². The monoisotopic (exact) mass is 451 g/mol.